The zero-order chi connectivity index (χ0) is 20.4. The van der Waals surface area contributed by atoms with Crippen LogP contribution in [0.25, 0.3) is 22.2 Å². The molecule has 29 heavy (non-hydrogen) atoms. The molecule has 1 N–H and O–H groups in total. The van der Waals surface area contributed by atoms with Crippen LogP contribution >= 0.6 is 0 Å². The number of nitrogens with zero attached hydrogens (tertiary/aromatic N) is 1. The van der Waals surface area contributed by atoms with Crippen molar-refractivity contribution in [3.05, 3.63) is 101 Å². The number of nitrogens with one attached hydrogen (secondary N) is 1. The van der Waals surface area contributed by atoms with Gasteiger partial charge in [0.1, 0.15) is 5.82 Å². The van der Waals surface area contributed by atoms with Crippen molar-refractivity contribution in [3.8, 4) is 11.3 Å². The summed E-state index contributed by atoms with van der Waals surface area (Å²) in [6.07, 6.45) is 0. The first kappa shape index (κ1) is 18.8. The second kappa shape index (κ2) is 7.84. The predicted molar refractivity (Wildman–Crippen MR) is 114 cm³/mol. The lowest BCUT2D eigenvalue weighted by atomic mass is 9.96. The van der Waals surface area contributed by atoms with Crippen LogP contribution in [0.2, 0.25) is 0 Å². The molecule has 0 aliphatic carbocycles. The van der Waals surface area contributed by atoms with Crippen molar-refractivity contribution in [1.82, 2.24) is 10.3 Å². The average Bonchev–Trinajstić information content (AvgIpc) is 2.73. The van der Waals surface area contributed by atoms with Gasteiger partial charge < -0.3 is 5.32 Å². The van der Waals surface area contributed by atoms with Crippen LogP contribution in [0, 0.1) is 19.7 Å². The maximum Gasteiger partial charge on any atom is 0.252 e. The number of carbonyl (C=O) groups is 1. The number of hydrogen-bond acceptors (Lipinski definition) is 2. The number of rotatable bonds is 4. The van der Waals surface area contributed by atoms with Gasteiger partial charge in [-0.05, 0) is 43.2 Å². The summed E-state index contributed by atoms with van der Waals surface area (Å²) in [7, 11) is 0. The summed E-state index contributed by atoms with van der Waals surface area (Å²) < 4.78 is 13.1. The highest BCUT2D eigenvalue weighted by Crippen LogP contribution is 2.30. The highest BCUT2D eigenvalue weighted by atomic mass is 19.1. The van der Waals surface area contributed by atoms with Crippen molar-refractivity contribution in [2.24, 2.45) is 0 Å². The van der Waals surface area contributed by atoms with E-state index in [0.29, 0.717) is 12.1 Å². The number of amides is 1. The third kappa shape index (κ3) is 3.87. The van der Waals surface area contributed by atoms with Crippen LogP contribution in [-0.2, 0) is 6.54 Å². The number of aryl methyl sites for hydroxylation is 1. The smallest absolute Gasteiger partial charge is 0.252 e. The highest BCUT2D eigenvalue weighted by molar-refractivity contribution is 6.08. The number of hydrogen-bond donors (Lipinski definition) is 1. The van der Waals surface area contributed by atoms with E-state index in [1.165, 1.54) is 17.7 Å². The third-order valence-electron chi connectivity index (χ3n) is 5.05. The fraction of sp³-hybridized carbons (Fsp3) is 0.120. The second-order valence-electron chi connectivity index (χ2n) is 7.15. The molecule has 3 nitrogen and oxygen atoms in total. The van der Waals surface area contributed by atoms with Crippen LogP contribution in [0.4, 0.5) is 4.39 Å². The van der Waals surface area contributed by atoms with E-state index in [4.69, 9.17) is 4.98 Å². The van der Waals surface area contributed by atoms with Gasteiger partial charge in [-0.3, -0.25) is 4.79 Å². The molecule has 4 aromatic rings. The fourth-order valence-electron chi connectivity index (χ4n) is 3.47. The van der Waals surface area contributed by atoms with E-state index in [1.807, 2.05) is 62.4 Å². The van der Waals surface area contributed by atoms with Crippen molar-refractivity contribution in [2.75, 3.05) is 0 Å². The van der Waals surface area contributed by atoms with Gasteiger partial charge in [0.25, 0.3) is 5.91 Å². The molecule has 0 fully saturated rings. The Morgan fingerprint density at radius 2 is 1.62 bits per heavy atom. The van der Waals surface area contributed by atoms with E-state index < -0.39 is 0 Å². The molecule has 0 atom stereocenters. The Bertz CT molecular complexity index is 1180. The lowest BCUT2D eigenvalue weighted by Gasteiger charge is -2.15. The summed E-state index contributed by atoms with van der Waals surface area (Å²) in [4.78, 5) is 18.0. The molecule has 0 aliphatic heterocycles. The largest absolute Gasteiger partial charge is 0.348 e. The monoisotopic (exact) mass is 384 g/mol. The molecule has 0 saturated heterocycles. The number of aromatic nitrogens is 1. The minimum Gasteiger partial charge on any atom is -0.348 e. The Morgan fingerprint density at radius 3 is 2.34 bits per heavy atom. The highest BCUT2D eigenvalue weighted by Gasteiger charge is 2.18. The molecule has 1 amide bonds. The van der Waals surface area contributed by atoms with E-state index in [0.717, 1.165) is 33.3 Å². The van der Waals surface area contributed by atoms with E-state index in [2.05, 4.69) is 5.32 Å². The SMILES string of the molecule is Cc1ccc(-c2nc3ccccc3c(C(=O)NCc3ccc(F)cc3)c2C)cc1. The Balaban J connectivity index is 1.75. The van der Waals surface area contributed by atoms with E-state index >= 15 is 0 Å². The van der Waals surface area contributed by atoms with E-state index in [1.54, 1.807) is 12.1 Å². The van der Waals surface area contributed by atoms with Crippen LogP contribution in [0.1, 0.15) is 27.0 Å². The topological polar surface area (TPSA) is 42.0 Å². The van der Waals surface area contributed by atoms with Crippen LogP contribution in [0.3, 0.4) is 0 Å². The fourth-order valence-corrected chi connectivity index (χ4v) is 3.47. The van der Waals surface area contributed by atoms with Crippen LogP contribution in [0.15, 0.2) is 72.8 Å². The van der Waals surface area contributed by atoms with Crippen molar-refractivity contribution >= 4 is 16.8 Å². The Morgan fingerprint density at radius 1 is 0.931 bits per heavy atom. The van der Waals surface area contributed by atoms with Gasteiger partial charge in [-0.25, -0.2) is 9.37 Å². The zero-order valence-electron chi connectivity index (χ0n) is 16.4. The second-order valence-corrected chi connectivity index (χ2v) is 7.15. The quantitative estimate of drug-likeness (QED) is 0.498. The summed E-state index contributed by atoms with van der Waals surface area (Å²) in [5, 5.41) is 3.78. The first-order chi connectivity index (χ1) is 14.0. The molecule has 1 heterocycles. The Labute approximate surface area is 169 Å². The maximum absolute atomic E-state index is 13.1. The summed E-state index contributed by atoms with van der Waals surface area (Å²) in [6, 6.07) is 21.9. The number of pyridine rings is 1. The molecule has 3 aromatic carbocycles. The van der Waals surface area contributed by atoms with Crippen molar-refractivity contribution in [2.45, 2.75) is 20.4 Å². The summed E-state index contributed by atoms with van der Waals surface area (Å²) >= 11 is 0. The number of halogens is 1. The van der Waals surface area contributed by atoms with Gasteiger partial charge in [-0.1, -0.05) is 60.2 Å². The van der Waals surface area contributed by atoms with Crippen LogP contribution in [0.5, 0.6) is 0 Å². The lowest BCUT2D eigenvalue weighted by Crippen LogP contribution is -2.24. The molecule has 0 bridgehead atoms. The normalized spacial score (nSPS) is 10.9. The maximum atomic E-state index is 13.1. The predicted octanol–water partition coefficient (Wildman–Crippen LogP) is 5.59. The van der Waals surface area contributed by atoms with Gasteiger partial charge in [-0.15, -0.1) is 0 Å². The van der Waals surface area contributed by atoms with Crippen LogP contribution < -0.4 is 5.32 Å². The van der Waals surface area contributed by atoms with Crippen molar-refractivity contribution < 1.29 is 9.18 Å². The number of benzene rings is 3. The summed E-state index contributed by atoms with van der Waals surface area (Å²) in [5.41, 5.74) is 6.03. The number of carbonyl (C=O) groups excluding carboxylic acids is 1. The van der Waals surface area contributed by atoms with Crippen LogP contribution in [-0.4, -0.2) is 10.9 Å². The third-order valence-corrected chi connectivity index (χ3v) is 5.05. The summed E-state index contributed by atoms with van der Waals surface area (Å²) in [5.74, 6) is -0.461. The van der Waals surface area contributed by atoms with Gasteiger partial charge in [-0.2, -0.15) is 0 Å². The minimum absolute atomic E-state index is 0.168. The van der Waals surface area contributed by atoms with Gasteiger partial charge in [0.15, 0.2) is 0 Å². The number of fused-ring (bicyclic) bond motifs is 1. The summed E-state index contributed by atoms with van der Waals surface area (Å²) in [6.45, 7) is 4.30. The standard InChI is InChI=1S/C25H21FN2O/c1-16-7-11-19(12-8-16)24-17(2)23(21-5-3-4-6-22(21)28-24)25(29)27-15-18-9-13-20(26)14-10-18/h3-14H,15H2,1-2H3,(H,27,29). The van der Waals surface area contributed by atoms with Crippen molar-refractivity contribution in [3.63, 3.8) is 0 Å². The number of para-hydroxylation sites is 1. The first-order valence-electron chi connectivity index (χ1n) is 9.52. The molecular weight excluding hydrogens is 363 g/mol. The van der Waals surface area contributed by atoms with Gasteiger partial charge in [0.05, 0.1) is 16.8 Å². The molecule has 4 heteroatoms. The molecule has 0 spiro atoms. The van der Waals surface area contributed by atoms with Gasteiger partial charge in [0, 0.05) is 17.5 Å². The lowest BCUT2D eigenvalue weighted by molar-refractivity contribution is 0.0952. The average molecular weight is 384 g/mol. The Hall–Kier alpha value is -3.53. The first-order valence-corrected chi connectivity index (χ1v) is 9.52. The van der Waals surface area contributed by atoms with Gasteiger partial charge in [0.2, 0.25) is 0 Å². The molecule has 0 saturated carbocycles. The zero-order valence-corrected chi connectivity index (χ0v) is 16.4. The van der Waals surface area contributed by atoms with E-state index in [9.17, 15) is 9.18 Å². The van der Waals surface area contributed by atoms with E-state index in [-0.39, 0.29) is 11.7 Å². The minimum atomic E-state index is -0.293. The molecule has 0 aliphatic rings. The molecule has 4 rings (SSSR count). The molecule has 0 radical (unpaired) electrons. The molecule has 0 unspecified atom stereocenters. The molecule has 1 aromatic heterocycles. The molecular formula is C25H21FN2O. The molecule has 144 valence electrons. The Kier molecular flexibility index (Phi) is 5.09. The van der Waals surface area contributed by atoms with Gasteiger partial charge >= 0.3 is 0 Å². The van der Waals surface area contributed by atoms with Crippen molar-refractivity contribution in [1.29, 1.82) is 0 Å².